The summed E-state index contributed by atoms with van der Waals surface area (Å²) in [5.74, 6) is 1.99. The van der Waals surface area contributed by atoms with Crippen LogP contribution in [0.15, 0.2) is 18.2 Å². The monoisotopic (exact) mass is 344 g/mol. The molecule has 2 aliphatic rings. The molecule has 0 bridgehead atoms. The number of fused-ring (bicyclic) bond motifs is 3. The van der Waals surface area contributed by atoms with Crippen LogP contribution in [0.2, 0.25) is 0 Å². The first-order valence-corrected chi connectivity index (χ1v) is 10.3. The van der Waals surface area contributed by atoms with Gasteiger partial charge in [0, 0.05) is 5.92 Å². The van der Waals surface area contributed by atoms with Crippen LogP contribution >= 0.6 is 0 Å². The van der Waals surface area contributed by atoms with E-state index in [9.17, 15) is 5.11 Å². The molecule has 1 aromatic carbocycles. The van der Waals surface area contributed by atoms with Crippen molar-refractivity contribution in [2.45, 2.75) is 103 Å². The molecule has 0 radical (unpaired) electrons. The first-order valence-electron chi connectivity index (χ1n) is 10.3. The molecule has 3 atom stereocenters. The van der Waals surface area contributed by atoms with Gasteiger partial charge in [-0.25, -0.2) is 0 Å². The molecule has 0 unspecified atom stereocenters. The van der Waals surface area contributed by atoms with Crippen molar-refractivity contribution in [3.05, 3.63) is 29.3 Å². The average Bonchev–Trinajstić information content (AvgIpc) is 2.53. The van der Waals surface area contributed by atoms with Crippen molar-refractivity contribution < 1.29 is 9.84 Å². The largest absolute Gasteiger partial charge is 0.487 e. The molecule has 0 aromatic heterocycles. The first-order chi connectivity index (χ1) is 11.7. The zero-order valence-corrected chi connectivity index (χ0v) is 16.8. The SMILES string of the molecule is CCCCCC(C)(C)c1ccc2c(c1)OC(C)(C)[C@@H]1CC[C@@H](O)C[C@@H]21. The summed E-state index contributed by atoms with van der Waals surface area (Å²) >= 11 is 0. The van der Waals surface area contributed by atoms with E-state index in [4.69, 9.17) is 4.74 Å². The topological polar surface area (TPSA) is 29.5 Å². The van der Waals surface area contributed by atoms with Gasteiger partial charge in [-0.15, -0.1) is 0 Å². The normalized spacial score (nSPS) is 28.0. The predicted octanol–water partition coefficient (Wildman–Crippen LogP) is 5.96. The Balaban J connectivity index is 1.89. The van der Waals surface area contributed by atoms with Gasteiger partial charge in [0.05, 0.1) is 6.10 Å². The maximum Gasteiger partial charge on any atom is 0.123 e. The van der Waals surface area contributed by atoms with Gasteiger partial charge >= 0.3 is 0 Å². The number of hydrogen-bond acceptors (Lipinski definition) is 2. The van der Waals surface area contributed by atoms with E-state index in [2.05, 4.69) is 52.8 Å². The average molecular weight is 345 g/mol. The van der Waals surface area contributed by atoms with Gasteiger partial charge in [-0.2, -0.15) is 0 Å². The molecule has 1 heterocycles. The third-order valence-electron chi connectivity index (χ3n) is 6.69. The van der Waals surface area contributed by atoms with Crippen LogP contribution in [0.25, 0.3) is 0 Å². The van der Waals surface area contributed by atoms with Crippen molar-refractivity contribution in [3.63, 3.8) is 0 Å². The predicted molar refractivity (Wildman–Crippen MR) is 104 cm³/mol. The molecule has 1 saturated carbocycles. The maximum atomic E-state index is 10.2. The summed E-state index contributed by atoms with van der Waals surface area (Å²) in [6.07, 6.45) is 7.76. The van der Waals surface area contributed by atoms with Gasteiger partial charge in [-0.3, -0.25) is 0 Å². The van der Waals surface area contributed by atoms with Gasteiger partial charge < -0.3 is 9.84 Å². The number of ether oxygens (including phenoxy) is 1. The molecule has 1 aliphatic heterocycles. The lowest BCUT2D eigenvalue weighted by atomic mass is 9.65. The molecule has 0 spiro atoms. The van der Waals surface area contributed by atoms with Crippen LogP contribution in [0, 0.1) is 5.92 Å². The Kier molecular flexibility index (Phi) is 5.21. The molecular formula is C23H36O2. The van der Waals surface area contributed by atoms with E-state index in [0.29, 0.717) is 11.8 Å². The molecular weight excluding hydrogens is 308 g/mol. The molecule has 25 heavy (non-hydrogen) atoms. The lowest BCUT2D eigenvalue weighted by molar-refractivity contribution is -0.0310. The Hall–Kier alpha value is -1.02. The lowest BCUT2D eigenvalue weighted by Crippen LogP contribution is -2.47. The van der Waals surface area contributed by atoms with Crippen LogP contribution in [0.5, 0.6) is 5.75 Å². The van der Waals surface area contributed by atoms with Crippen LogP contribution in [-0.4, -0.2) is 16.8 Å². The summed E-state index contributed by atoms with van der Waals surface area (Å²) in [5.41, 5.74) is 2.73. The summed E-state index contributed by atoms with van der Waals surface area (Å²) in [4.78, 5) is 0. The molecule has 140 valence electrons. The second kappa shape index (κ2) is 6.95. The van der Waals surface area contributed by atoms with Gasteiger partial charge in [-0.1, -0.05) is 52.2 Å². The van der Waals surface area contributed by atoms with Gasteiger partial charge in [-0.05, 0) is 68.1 Å². The maximum absolute atomic E-state index is 10.2. The van der Waals surface area contributed by atoms with Crippen molar-refractivity contribution in [2.24, 2.45) is 5.92 Å². The Morgan fingerprint density at radius 3 is 2.68 bits per heavy atom. The minimum atomic E-state index is -0.159. The second-order valence-corrected chi connectivity index (χ2v) is 9.48. The summed E-state index contributed by atoms with van der Waals surface area (Å²) in [5, 5.41) is 10.2. The molecule has 0 saturated heterocycles. The minimum absolute atomic E-state index is 0.150. The second-order valence-electron chi connectivity index (χ2n) is 9.48. The van der Waals surface area contributed by atoms with Crippen molar-refractivity contribution >= 4 is 0 Å². The van der Waals surface area contributed by atoms with Crippen LogP contribution in [-0.2, 0) is 5.41 Å². The van der Waals surface area contributed by atoms with E-state index in [1.54, 1.807) is 0 Å². The summed E-state index contributed by atoms with van der Waals surface area (Å²) in [6, 6.07) is 6.89. The quantitative estimate of drug-likeness (QED) is 0.668. The Morgan fingerprint density at radius 2 is 1.96 bits per heavy atom. The summed E-state index contributed by atoms with van der Waals surface area (Å²) in [6.45, 7) is 11.4. The molecule has 2 heteroatoms. The van der Waals surface area contributed by atoms with Crippen molar-refractivity contribution in [1.82, 2.24) is 0 Å². The van der Waals surface area contributed by atoms with E-state index in [0.717, 1.165) is 25.0 Å². The van der Waals surface area contributed by atoms with Gasteiger partial charge in [0.2, 0.25) is 0 Å². The molecule has 0 amide bonds. The van der Waals surface area contributed by atoms with Crippen LogP contribution in [0.1, 0.15) is 96.6 Å². The number of aliphatic hydroxyl groups is 1. The highest BCUT2D eigenvalue weighted by Gasteiger charge is 2.46. The number of benzene rings is 1. The highest BCUT2D eigenvalue weighted by molar-refractivity contribution is 5.45. The number of hydrogen-bond donors (Lipinski definition) is 1. The fourth-order valence-electron chi connectivity index (χ4n) is 4.99. The van der Waals surface area contributed by atoms with Gasteiger partial charge in [0.1, 0.15) is 11.4 Å². The zero-order valence-electron chi connectivity index (χ0n) is 16.8. The Bertz CT molecular complexity index is 602. The molecule has 3 rings (SSSR count). The molecule has 2 nitrogen and oxygen atoms in total. The molecule has 1 aliphatic carbocycles. The van der Waals surface area contributed by atoms with Gasteiger partial charge in [0.15, 0.2) is 0 Å². The van der Waals surface area contributed by atoms with Crippen LogP contribution < -0.4 is 4.74 Å². The zero-order chi connectivity index (χ0) is 18.2. The van der Waals surface area contributed by atoms with Crippen LogP contribution in [0.3, 0.4) is 0 Å². The molecule has 1 N–H and O–H groups in total. The smallest absolute Gasteiger partial charge is 0.123 e. The van der Waals surface area contributed by atoms with E-state index < -0.39 is 0 Å². The summed E-state index contributed by atoms with van der Waals surface area (Å²) in [7, 11) is 0. The summed E-state index contributed by atoms with van der Waals surface area (Å²) < 4.78 is 6.50. The van der Waals surface area contributed by atoms with E-state index >= 15 is 0 Å². The standard InChI is InChI=1S/C23H36O2/c1-6-7-8-13-22(2,3)16-9-11-18-19-15-17(24)10-12-20(19)23(4,5)25-21(18)14-16/h9,11,14,17,19-20,24H,6-8,10,12-13,15H2,1-5H3/t17-,19+,20-/m1/s1. The lowest BCUT2D eigenvalue weighted by Gasteiger charge is -2.48. The fourth-order valence-corrected chi connectivity index (χ4v) is 4.99. The number of rotatable bonds is 5. The molecule has 1 fully saturated rings. The minimum Gasteiger partial charge on any atom is -0.487 e. The number of aliphatic hydroxyl groups excluding tert-OH is 1. The van der Waals surface area contributed by atoms with Crippen molar-refractivity contribution in [1.29, 1.82) is 0 Å². The van der Waals surface area contributed by atoms with E-state index in [1.807, 2.05) is 0 Å². The van der Waals surface area contributed by atoms with Crippen LogP contribution in [0.4, 0.5) is 0 Å². The van der Waals surface area contributed by atoms with Crippen molar-refractivity contribution in [2.75, 3.05) is 0 Å². The van der Waals surface area contributed by atoms with E-state index in [1.165, 1.54) is 36.8 Å². The van der Waals surface area contributed by atoms with E-state index in [-0.39, 0.29) is 17.1 Å². The highest BCUT2D eigenvalue weighted by Crippen LogP contribution is 2.52. The first kappa shape index (κ1) is 18.8. The Labute approximate surface area is 154 Å². The molecule has 1 aromatic rings. The third kappa shape index (κ3) is 3.74. The van der Waals surface area contributed by atoms with Gasteiger partial charge in [0.25, 0.3) is 0 Å². The highest BCUT2D eigenvalue weighted by atomic mass is 16.5. The Morgan fingerprint density at radius 1 is 1.20 bits per heavy atom. The van der Waals surface area contributed by atoms with Crippen molar-refractivity contribution in [3.8, 4) is 5.75 Å². The third-order valence-corrected chi connectivity index (χ3v) is 6.69. The number of unbranched alkanes of at least 4 members (excludes halogenated alkanes) is 2. The fraction of sp³-hybridized carbons (Fsp3) is 0.739.